The lowest BCUT2D eigenvalue weighted by atomic mass is 9.58. The molecule has 4 rings (SSSR count). The average Bonchev–Trinajstić information content (AvgIpc) is 3.13. The minimum Gasteiger partial charge on any atom is -0.493 e. The molecule has 27 heavy (non-hydrogen) atoms. The Balaban J connectivity index is 1.69. The largest absolute Gasteiger partial charge is 0.493 e. The summed E-state index contributed by atoms with van der Waals surface area (Å²) in [4.78, 5) is 12.0. The summed E-state index contributed by atoms with van der Waals surface area (Å²) >= 11 is 0. The van der Waals surface area contributed by atoms with Crippen molar-refractivity contribution in [2.45, 2.75) is 65.5 Å². The molecule has 5 atom stereocenters. The highest BCUT2D eigenvalue weighted by Gasteiger charge is 2.68. The lowest BCUT2D eigenvalue weighted by Gasteiger charge is -2.53. The Kier molecular flexibility index (Phi) is 4.74. The van der Waals surface area contributed by atoms with Crippen molar-refractivity contribution in [3.8, 4) is 5.75 Å². The van der Waals surface area contributed by atoms with Gasteiger partial charge < -0.3 is 14.8 Å². The summed E-state index contributed by atoms with van der Waals surface area (Å²) in [6, 6.07) is 8.58. The van der Waals surface area contributed by atoms with Crippen molar-refractivity contribution in [1.29, 1.82) is 0 Å². The third kappa shape index (κ3) is 2.88. The quantitative estimate of drug-likeness (QED) is 0.829. The van der Waals surface area contributed by atoms with E-state index in [0.29, 0.717) is 11.8 Å². The summed E-state index contributed by atoms with van der Waals surface area (Å²) in [6.45, 7) is 9.94. The molecule has 4 heteroatoms. The van der Waals surface area contributed by atoms with Crippen LogP contribution in [0.25, 0.3) is 0 Å². The lowest BCUT2D eigenvalue weighted by Crippen LogP contribution is -2.58. The number of hydrogen-bond acceptors (Lipinski definition) is 3. The molecule has 1 amide bonds. The molecule has 1 saturated heterocycles. The summed E-state index contributed by atoms with van der Waals surface area (Å²) in [6.07, 6.45) is 4.47. The third-order valence-electron chi connectivity index (χ3n) is 7.54. The van der Waals surface area contributed by atoms with Crippen LogP contribution in [0.3, 0.4) is 0 Å². The summed E-state index contributed by atoms with van der Waals surface area (Å²) in [5.74, 6) is 2.11. The number of carbonyl (C=O) groups excluding carboxylic acids is 1. The molecule has 3 fully saturated rings. The summed E-state index contributed by atoms with van der Waals surface area (Å²) < 4.78 is 12.4. The van der Waals surface area contributed by atoms with Gasteiger partial charge in [0.15, 0.2) is 0 Å². The number of hydrogen-bond donors (Lipinski definition) is 1. The van der Waals surface area contributed by atoms with E-state index in [1.165, 1.54) is 18.4 Å². The molecule has 0 radical (unpaired) electrons. The van der Waals surface area contributed by atoms with Crippen LogP contribution < -0.4 is 10.1 Å². The van der Waals surface area contributed by atoms with Crippen molar-refractivity contribution < 1.29 is 14.3 Å². The maximum atomic E-state index is 12.0. The molecule has 4 nitrogen and oxygen atoms in total. The molecule has 2 bridgehead atoms. The van der Waals surface area contributed by atoms with Crippen LogP contribution in [-0.4, -0.2) is 25.2 Å². The highest BCUT2D eigenvalue weighted by Crippen LogP contribution is 2.70. The van der Waals surface area contributed by atoms with Crippen LogP contribution in [0.1, 0.15) is 65.0 Å². The number of nitrogens with one attached hydrogen (secondary N) is 1. The molecule has 1 aromatic carbocycles. The maximum absolute atomic E-state index is 12.0. The SMILES string of the molecule is CCCOc1ccccc1[C@H]1OCCC23C[C@@H](C[C@H]12)C(C)(C)[C@@H]3NC(C)=O. The Morgan fingerprint density at radius 2 is 2.11 bits per heavy atom. The normalized spacial score (nSPS) is 36.3. The van der Waals surface area contributed by atoms with E-state index in [4.69, 9.17) is 9.47 Å². The second-order valence-electron chi connectivity index (χ2n) is 9.36. The van der Waals surface area contributed by atoms with Gasteiger partial charge in [-0.25, -0.2) is 0 Å². The Morgan fingerprint density at radius 3 is 2.85 bits per heavy atom. The number of fused-ring (bicyclic) bond motifs is 1. The number of para-hydroxylation sites is 1. The van der Waals surface area contributed by atoms with Crippen molar-refractivity contribution >= 4 is 5.91 Å². The van der Waals surface area contributed by atoms with Crippen molar-refractivity contribution in [2.75, 3.05) is 13.2 Å². The van der Waals surface area contributed by atoms with E-state index in [1.54, 1.807) is 6.92 Å². The predicted molar refractivity (Wildman–Crippen MR) is 106 cm³/mol. The van der Waals surface area contributed by atoms with Crippen LogP contribution in [0, 0.1) is 22.7 Å². The lowest BCUT2D eigenvalue weighted by molar-refractivity contribution is -0.136. The molecule has 1 spiro atoms. The van der Waals surface area contributed by atoms with Crippen LogP contribution in [0.15, 0.2) is 24.3 Å². The summed E-state index contributed by atoms with van der Waals surface area (Å²) in [5, 5.41) is 3.35. The number of amides is 1. The fourth-order valence-electron chi connectivity index (χ4n) is 6.36. The molecular formula is C23H33NO3. The highest BCUT2D eigenvalue weighted by molar-refractivity contribution is 5.73. The Bertz CT molecular complexity index is 715. The molecule has 148 valence electrons. The molecular weight excluding hydrogens is 338 g/mol. The summed E-state index contributed by atoms with van der Waals surface area (Å²) in [7, 11) is 0. The molecule has 2 aliphatic carbocycles. The van der Waals surface area contributed by atoms with Gasteiger partial charge in [-0.05, 0) is 54.4 Å². The van der Waals surface area contributed by atoms with Crippen molar-refractivity contribution in [2.24, 2.45) is 22.7 Å². The maximum Gasteiger partial charge on any atom is 0.217 e. The molecule has 1 unspecified atom stereocenters. The second-order valence-corrected chi connectivity index (χ2v) is 9.36. The van der Waals surface area contributed by atoms with Crippen LogP contribution in [0.2, 0.25) is 0 Å². The zero-order valence-electron chi connectivity index (χ0n) is 17.1. The fourth-order valence-corrected chi connectivity index (χ4v) is 6.36. The first-order valence-corrected chi connectivity index (χ1v) is 10.5. The van der Waals surface area contributed by atoms with Crippen LogP contribution >= 0.6 is 0 Å². The van der Waals surface area contributed by atoms with Gasteiger partial charge in [0.05, 0.1) is 12.7 Å². The fraction of sp³-hybridized carbons (Fsp3) is 0.696. The van der Waals surface area contributed by atoms with E-state index < -0.39 is 0 Å². The van der Waals surface area contributed by atoms with E-state index in [2.05, 4.69) is 44.3 Å². The first kappa shape index (κ1) is 18.8. The number of carbonyl (C=O) groups is 1. The molecule has 1 aromatic rings. The number of benzene rings is 1. The molecule has 0 aromatic heterocycles. The van der Waals surface area contributed by atoms with Gasteiger partial charge in [0.1, 0.15) is 5.75 Å². The number of rotatable bonds is 5. The van der Waals surface area contributed by atoms with Gasteiger partial charge in [-0.1, -0.05) is 39.0 Å². The Hall–Kier alpha value is -1.55. The summed E-state index contributed by atoms with van der Waals surface area (Å²) in [5.41, 5.74) is 1.46. The van der Waals surface area contributed by atoms with E-state index in [9.17, 15) is 4.79 Å². The van der Waals surface area contributed by atoms with Gasteiger partial charge in [-0.15, -0.1) is 0 Å². The van der Waals surface area contributed by atoms with Gasteiger partial charge in [0, 0.05) is 25.1 Å². The van der Waals surface area contributed by atoms with Gasteiger partial charge in [-0.3, -0.25) is 4.79 Å². The van der Waals surface area contributed by atoms with Crippen molar-refractivity contribution in [1.82, 2.24) is 5.32 Å². The minimum atomic E-state index is 0.0594. The predicted octanol–water partition coefficient (Wildman–Crippen LogP) is 4.49. The van der Waals surface area contributed by atoms with Gasteiger partial charge in [0.2, 0.25) is 5.91 Å². The van der Waals surface area contributed by atoms with Crippen LogP contribution in [0.4, 0.5) is 0 Å². The van der Waals surface area contributed by atoms with Crippen molar-refractivity contribution in [3.63, 3.8) is 0 Å². The van der Waals surface area contributed by atoms with Crippen molar-refractivity contribution in [3.05, 3.63) is 29.8 Å². The first-order chi connectivity index (χ1) is 12.9. The first-order valence-electron chi connectivity index (χ1n) is 10.5. The molecule has 3 aliphatic rings. The average molecular weight is 372 g/mol. The van der Waals surface area contributed by atoms with E-state index >= 15 is 0 Å². The molecule has 1 heterocycles. The van der Waals surface area contributed by atoms with Gasteiger partial charge >= 0.3 is 0 Å². The second kappa shape index (κ2) is 6.80. The highest BCUT2D eigenvalue weighted by atomic mass is 16.5. The van der Waals surface area contributed by atoms with Gasteiger partial charge in [-0.2, -0.15) is 0 Å². The Labute approximate surface area is 163 Å². The zero-order chi connectivity index (χ0) is 19.2. The molecule has 2 saturated carbocycles. The third-order valence-corrected chi connectivity index (χ3v) is 7.54. The van der Waals surface area contributed by atoms with Crippen LogP contribution in [0.5, 0.6) is 5.75 Å². The molecule has 1 N–H and O–H groups in total. The van der Waals surface area contributed by atoms with Crippen LogP contribution in [-0.2, 0) is 9.53 Å². The smallest absolute Gasteiger partial charge is 0.217 e. The monoisotopic (exact) mass is 371 g/mol. The minimum absolute atomic E-state index is 0.0594. The van der Waals surface area contributed by atoms with E-state index in [0.717, 1.165) is 31.8 Å². The molecule has 1 aliphatic heterocycles. The van der Waals surface area contributed by atoms with E-state index in [-0.39, 0.29) is 28.9 Å². The standard InChI is InChI=1S/C23H33NO3/c1-5-11-26-19-9-7-6-8-17(19)20-18-13-16-14-23(18,10-12-27-20)21(22(16,3)4)24-15(2)25/h6-9,16,18,20-21H,5,10-14H2,1-4H3,(H,24,25)/t16-,18-,20-,21+,23?/m1/s1. The topological polar surface area (TPSA) is 47.6 Å². The van der Waals surface area contributed by atoms with Gasteiger partial charge in [0.25, 0.3) is 0 Å². The Morgan fingerprint density at radius 1 is 1.33 bits per heavy atom. The number of ether oxygens (including phenoxy) is 2. The zero-order valence-corrected chi connectivity index (χ0v) is 17.1. The van der Waals surface area contributed by atoms with E-state index in [1.807, 2.05) is 6.07 Å².